The minimum Gasteiger partial charge on any atom is -0.507 e. The number of likely N-dealkylation sites (tertiary alicyclic amines) is 2. The van der Waals surface area contributed by atoms with Crippen molar-refractivity contribution < 1.29 is 19.8 Å². The van der Waals surface area contributed by atoms with Crippen LogP contribution in [0.1, 0.15) is 41.1 Å². The molecule has 2 saturated heterocycles. The lowest BCUT2D eigenvalue weighted by atomic mass is 9.79. The van der Waals surface area contributed by atoms with E-state index in [4.69, 9.17) is 0 Å². The van der Waals surface area contributed by atoms with Gasteiger partial charge in [-0.05, 0) is 43.0 Å². The molecule has 218 valence electrons. The number of amides is 2. The Labute approximate surface area is 243 Å². The number of aromatic hydroxyl groups is 1. The summed E-state index contributed by atoms with van der Waals surface area (Å²) in [7, 11) is 1.83. The first-order chi connectivity index (χ1) is 20.2. The van der Waals surface area contributed by atoms with Gasteiger partial charge in [-0.2, -0.15) is 0 Å². The predicted molar refractivity (Wildman–Crippen MR) is 157 cm³/mol. The lowest BCUT2D eigenvalue weighted by Crippen LogP contribution is -2.53. The highest BCUT2D eigenvalue weighted by Gasteiger charge is 2.42. The molecule has 10 heteroatoms. The van der Waals surface area contributed by atoms with Gasteiger partial charge in [0.05, 0.1) is 23.1 Å². The fraction of sp³-hybridized carbons (Fsp3) is 0.375. The summed E-state index contributed by atoms with van der Waals surface area (Å²) in [4.78, 5) is 48.2. The van der Waals surface area contributed by atoms with Crippen molar-refractivity contribution in [3.8, 4) is 5.75 Å². The average Bonchev–Trinajstić information content (AvgIpc) is 3.39. The van der Waals surface area contributed by atoms with Crippen LogP contribution in [-0.2, 0) is 18.4 Å². The van der Waals surface area contributed by atoms with Crippen molar-refractivity contribution in [2.24, 2.45) is 13.0 Å². The Balaban J connectivity index is 1.16. The summed E-state index contributed by atoms with van der Waals surface area (Å²) in [5, 5.41) is 22.2. The molecule has 2 aromatic heterocycles. The second-order valence-corrected chi connectivity index (χ2v) is 11.6. The van der Waals surface area contributed by atoms with E-state index in [2.05, 4.69) is 4.98 Å². The molecule has 0 unspecified atom stereocenters. The molecule has 0 saturated carbocycles. The molecule has 0 bridgehead atoms. The van der Waals surface area contributed by atoms with E-state index in [1.54, 1.807) is 39.9 Å². The third-order valence-corrected chi connectivity index (χ3v) is 8.90. The van der Waals surface area contributed by atoms with E-state index < -0.39 is 5.60 Å². The number of carbonyl (C=O) groups excluding carboxylic acids is 2. The monoisotopic (exact) mass is 569 g/mol. The van der Waals surface area contributed by atoms with Crippen LogP contribution in [0, 0.1) is 5.92 Å². The molecular weight excluding hydrogens is 534 g/mol. The number of phenolic OH excluding ortho intramolecular Hbond substituents is 1. The van der Waals surface area contributed by atoms with E-state index in [-0.39, 0.29) is 47.1 Å². The number of phenols is 1. The number of hydrogen-bond donors (Lipinski definition) is 2. The highest BCUT2D eigenvalue weighted by molar-refractivity contribution is 5.97. The summed E-state index contributed by atoms with van der Waals surface area (Å²) in [5.74, 6) is -0.810. The SMILES string of the molecule is Cn1ccc2c(=O)n(CC3(O)CCN(C(=O)[C@@H]4CCN(C(=O)c5ccccc5O)C[C@H]4c4ccccc4)CC3)cnc21. The molecule has 2 aromatic carbocycles. The molecule has 2 N–H and O–H groups in total. The molecule has 2 atom stereocenters. The van der Waals surface area contributed by atoms with Gasteiger partial charge in [-0.3, -0.25) is 19.0 Å². The van der Waals surface area contributed by atoms with E-state index in [1.165, 1.54) is 17.0 Å². The number of benzene rings is 2. The molecule has 42 heavy (non-hydrogen) atoms. The second-order valence-electron chi connectivity index (χ2n) is 11.6. The quantitative estimate of drug-likeness (QED) is 0.381. The van der Waals surface area contributed by atoms with Gasteiger partial charge < -0.3 is 24.6 Å². The van der Waals surface area contributed by atoms with E-state index >= 15 is 0 Å². The summed E-state index contributed by atoms with van der Waals surface area (Å²) in [5.41, 5.74) is 0.526. The number of para-hydroxylation sites is 1. The highest BCUT2D eigenvalue weighted by atomic mass is 16.3. The Morgan fingerprint density at radius 1 is 0.976 bits per heavy atom. The third-order valence-electron chi connectivity index (χ3n) is 8.90. The molecule has 2 aliphatic heterocycles. The molecule has 0 spiro atoms. The van der Waals surface area contributed by atoms with Crippen LogP contribution in [0.15, 0.2) is 78.0 Å². The molecule has 2 fully saturated rings. The maximum absolute atomic E-state index is 13.9. The number of aromatic nitrogens is 3. The second kappa shape index (κ2) is 11.1. The van der Waals surface area contributed by atoms with Gasteiger partial charge in [0.2, 0.25) is 5.91 Å². The minimum absolute atomic E-state index is 0.0186. The van der Waals surface area contributed by atoms with Crippen LogP contribution in [0.4, 0.5) is 0 Å². The Morgan fingerprint density at radius 2 is 1.69 bits per heavy atom. The summed E-state index contributed by atoms with van der Waals surface area (Å²) in [6.07, 6.45) is 4.46. The first-order valence-electron chi connectivity index (χ1n) is 14.4. The number of rotatable bonds is 5. The van der Waals surface area contributed by atoms with Gasteiger partial charge in [0.25, 0.3) is 11.5 Å². The molecule has 6 rings (SSSR count). The third kappa shape index (κ3) is 5.18. The van der Waals surface area contributed by atoms with Crippen LogP contribution in [0.2, 0.25) is 0 Å². The highest BCUT2D eigenvalue weighted by Crippen LogP contribution is 2.36. The topological polar surface area (TPSA) is 121 Å². The maximum atomic E-state index is 13.9. The molecule has 0 aliphatic carbocycles. The summed E-state index contributed by atoms with van der Waals surface area (Å²) < 4.78 is 3.25. The van der Waals surface area contributed by atoms with Crippen LogP contribution in [-0.4, -0.2) is 77.7 Å². The average molecular weight is 570 g/mol. The Hall–Kier alpha value is -4.44. The number of fused-ring (bicyclic) bond motifs is 1. The number of aryl methyl sites for hydroxylation is 1. The van der Waals surface area contributed by atoms with E-state index in [1.807, 2.05) is 42.3 Å². The van der Waals surface area contributed by atoms with Gasteiger partial charge in [-0.25, -0.2) is 4.98 Å². The molecule has 2 aliphatic rings. The van der Waals surface area contributed by atoms with Crippen molar-refractivity contribution in [2.75, 3.05) is 26.2 Å². The van der Waals surface area contributed by atoms with Gasteiger partial charge in [-0.15, -0.1) is 0 Å². The molecule has 2 amide bonds. The minimum atomic E-state index is -1.13. The zero-order valence-electron chi connectivity index (χ0n) is 23.6. The van der Waals surface area contributed by atoms with Crippen molar-refractivity contribution in [1.29, 1.82) is 0 Å². The van der Waals surface area contributed by atoms with Crippen LogP contribution in [0.3, 0.4) is 0 Å². The van der Waals surface area contributed by atoms with Gasteiger partial charge in [-0.1, -0.05) is 42.5 Å². The van der Waals surface area contributed by atoms with E-state index in [0.717, 1.165) is 5.56 Å². The van der Waals surface area contributed by atoms with Crippen molar-refractivity contribution >= 4 is 22.8 Å². The standard InChI is InChI=1S/C32H35N5O5/c1-34-15-11-25-28(34)33-21-37(31(25)41)20-32(42)13-17-35(18-14-32)29(39)23-12-16-36(19-26(23)22-7-3-2-4-8-22)30(40)24-9-5-6-10-27(24)38/h2-11,15,21,23,26,38,42H,12-14,16-20H2,1H3/t23-,26+/m1/s1. The molecule has 4 heterocycles. The zero-order chi connectivity index (χ0) is 29.4. The molecule has 10 nitrogen and oxygen atoms in total. The number of nitrogens with zero attached hydrogens (tertiary/aromatic N) is 5. The largest absolute Gasteiger partial charge is 0.507 e. The normalized spacial score (nSPS) is 20.5. The van der Waals surface area contributed by atoms with E-state index in [9.17, 15) is 24.6 Å². The van der Waals surface area contributed by atoms with Gasteiger partial charge >= 0.3 is 0 Å². The van der Waals surface area contributed by atoms with Crippen molar-refractivity contribution in [2.45, 2.75) is 37.3 Å². The first-order valence-corrected chi connectivity index (χ1v) is 14.4. The zero-order valence-corrected chi connectivity index (χ0v) is 23.6. The van der Waals surface area contributed by atoms with Crippen LogP contribution in [0.25, 0.3) is 11.0 Å². The fourth-order valence-electron chi connectivity index (χ4n) is 6.44. The molecule has 0 radical (unpaired) electrons. The lowest BCUT2D eigenvalue weighted by Gasteiger charge is -2.43. The fourth-order valence-corrected chi connectivity index (χ4v) is 6.44. The van der Waals surface area contributed by atoms with Crippen LogP contribution < -0.4 is 5.56 Å². The van der Waals surface area contributed by atoms with Gasteiger partial charge in [0.1, 0.15) is 17.7 Å². The van der Waals surface area contributed by atoms with Crippen LogP contribution in [0.5, 0.6) is 5.75 Å². The number of piperidine rings is 2. The molecule has 4 aromatic rings. The van der Waals surface area contributed by atoms with Crippen molar-refractivity contribution in [3.05, 3.63) is 94.7 Å². The van der Waals surface area contributed by atoms with Crippen molar-refractivity contribution in [3.63, 3.8) is 0 Å². The number of carbonyl (C=O) groups is 2. The predicted octanol–water partition coefficient (Wildman–Crippen LogP) is 2.74. The molecular formula is C32H35N5O5. The Kier molecular flexibility index (Phi) is 7.32. The Morgan fingerprint density at radius 3 is 2.43 bits per heavy atom. The first kappa shape index (κ1) is 27.7. The Bertz CT molecular complexity index is 1670. The van der Waals surface area contributed by atoms with E-state index in [0.29, 0.717) is 56.5 Å². The smallest absolute Gasteiger partial charge is 0.262 e. The van der Waals surface area contributed by atoms with Crippen LogP contribution >= 0.6 is 0 Å². The number of hydrogen-bond acceptors (Lipinski definition) is 6. The number of aliphatic hydroxyl groups is 1. The maximum Gasteiger partial charge on any atom is 0.262 e. The summed E-state index contributed by atoms with van der Waals surface area (Å²) in [6, 6.07) is 18.0. The summed E-state index contributed by atoms with van der Waals surface area (Å²) in [6.45, 7) is 1.64. The lowest BCUT2D eigenvalue weighted by molar-refractivity contribution is -0.142. The van der Waals surface area contributed by atoms with Crippen molar-refractivity contribution in [1.82, 2.24) is 23.9 Å². The summed E-state index contributed by atoms with van der Waals surface area (Å²) >= 11 is 0. The van der Waals surface area contributed by atoms with Gasteiger partial charge in [0, 0.05) is 51.3 Å². The van der Waals surface area contributed by atoms with Gasteiger partial charge in [0.15, 0.2) is 0 Å².